The molecular weight excluding hydrogens is 401 g/mol. The maximum atomic E-state index is 14.0. The van der Waals surface area contributed by atoms with Gasteiger partial charge in [-0.3, -0.25) is 4.79 Å². The van der Waals surface area contributed by atoms with E-state index in [1.807, 2.05) is 26.8 Å². The van der Waals surface area contributed by atoms with E-state index in [0.29, 0.717) is 17.3 Å². The molecule has 0 aromatic carbocycles. The van der Waals surface area contributed by atoms with E-state index in [-0.39, 0.29) is 18.2 Å². The third-order valence-corrected chi connectivity index (χ3v) is 4.59. The number of aryl methyl sites for hydroxylation is 1. The van der Waals surface area contributed by atoms with Gasteiger partial charge in [0, 0.05) is 18.3 Å². The first kappa shape index (κ1) is 22.4. The highest BCUT2D eigenvalue weighted by Gasteiger charge is 2.27. The molecule has 4 N–H and O–H groups in total. The predicted molar refractivity (Wildman–Crippen MR) is 118 cm³/mol. The lowest BCUT2D eigenvalue weighted by atomic mass is 10.0. The Labute approximate surface area is 180 Å². The summed E-state index contributed by atoms with van der Waals surface area (Å²) in [4.78, 5) is 21.2. The molecule has 1 amide bonds. The molecule has 0 saturated carbocycles. The smallest absolute Gasteiger partial charge is 0.255 e. The minimum atomic E-state index is -1.60. The Balaban J connectivity index is 1.81. The number of hydrogen-bond acceptors (Lipinski definition) is 7. The van der Waals surface area contributed by atoms with E-state index >= 15 is 0 Å². The summed E-state index contributed by atoms with van der Waals surface area (Å²) in [7, 11) is 0. The second kappa shape index (κ2) is 8.84. The van der Waals surface area contributed by atoms with Crippen molar-refractivity contribution in [2.24, 2.45) is 0 Å². The van der Waals surface area contributed by atoms with Gasteiger partial charge in [0.25, 0.3) is 5.91 Å². The largest absolute Gasteiger partial charge is 0.387 e. The highest BCUT2D eigenvalue weighted by Crippen LogP contribution is 2.22. The number of fused-ring (bicyclic) bond motifs is 1. The summed E-state index contributed by atoms with van der Waals surface area (Å²) in [5, 5.41) is 23.1. The van der Waals surface area contributed by atoms with Crippen LogP contribution in [0.2, 0.25) is 0 Å². The van der Waals surface area contributed by atoms with Gasteiger partial charge >= 0.3 is 0 Å². The van der Waals surface area contributed by atoms with Crippen LogP contribution in [0.5, 0.6) is 0 Å². The molecule has 0 fully saturated rings. The van der Waals surface area contributed by atoms with Crippen molar-refractivity contribution >= 4 is 28.9 Å². The van der Waals surface area contributed by atoms with Crippen LogP contribution in [-0.2, 0) is 0 Å². The molecule has 0 radical (unpaired) electrons. The van der Waals surface area contributed by atoms with Crippen LogP contribution in [0.3, 0.4) is 0 Å². The number of nitrogens with zero attached hydrogens (tertiary/aromatic N) is 4. The van der Waals surface area contributed by atoms with E-state index in [1.165, 1.54) is 20.0 Å². The number of carbonyl (C=O) groups excluding carboxylic acids is 1. The molecule has 1 atom stereocenters. The monoisotopic (exact) mass is 429 g/mol. The van der Waals surface area contributed by atoms with Crippen LogP contribution in [0.15, 0.2) is 30.6 Å². The van der Waals surface area contributed by atoms with Crippen LogP contribution < -0.4 is 16.0 Å². The van der Waals surface area contributed by atoms with E-state index in [4.69, 9.17) is 0 Å². The molecule has 166 valence electrons. The highest BCUT2D eigenvalue weighted by molar-refractivity contribution is 5.99. The van der Waals surface area contributed by atoms with Gasteiger partial charge in [-0.05, 0) is 46.8 Å². The van der Waals surface area contributed by atoms with Crippen LogP contribution in [-0.4, -0.2) is 55.0 Å². The number of hydrogen-bond donors (Lipinski definition) is 4. The zero-order valence-corrected chi connectivity index (χ0v) is 18.3. The molecule has 0 spiro atoms. The van der Waals surface area contributed by atoms with Gasteiger partial charge in [0.1, 0.15) is 12.0 Å². The molecule has 31 heavy (non-hydrogen) atoms. The zero-order chi connectivity index (χ0) is 22.8. The Morgan fingerprint density at radius 2 is 1.97 bits per heavy atom. The number of anilines is 3. The van der Waals surface area contributed by atoms with Crippen molar-refractivity contribution in [2.75, 3.05) is 17.2 Å². The zero-order valence-electron chi connectivity index (χ0n) is 18.3. The van der Waals surface area contributed by atoms with Crippen molar-refractivity contribution in [1.29, 1.82) is 0 Å². The number of alkyl halides is 1. The number of imidazole rings is 1. The lowest BCUT2D eigenvalue weighted by molar-refractivity contribution is -0.00177. The molecule has 0 saturated heterocycles. The summed E-state index contributed by atoms with van der Waals surface area (Å²) in [6.45, 7) is 8.20. The van der Waals surface area contributed by atoms with Crippen molar-refractivity contribution in [1.82, 2.24) is 24.9 Å². The van der Waals surface area contributed by atoms with Gasteiger partial charge < -0.3 is 21.1 Å². The lowest BCUT2D eigenvalue weighted by Gasteiger charge is -2.23. The fourth-order valence-electron chi connectivity index (χ4n) is 2.85. The Kier molecular flexibility index (Phi) is 6.40. The summed E-state index contributed by atoms with van der Waals surface area (Å²) < 4.78 is 15.7. The van der Waals surface area contributed by atoms with Gasteiger partial charge in [-0.15, -0.1) is 5.10 Å². The van der Waals surface area contributed by atoms with Crippen LogP contribution in [0, 0.1) is 6.92 Å². The van der Waals surface area contributed by atoms with Gasteiger partial charge in [-0.1, -0.05) is 0 Å². The van der Waals surface area contributed by atoms with Crippen molar-refractivity contribution < 1.29 is 14.3 Å². The van der Waals surface area contributed by atoms with Crippen molar-refractivity contribution in [2.45, 2.75) is 52.4 Å². The molecule has 3 aromatic heterocycles. The number of aliphatic hydroxyl groups is 1. The van der Waals surface area contributed by atoms with E-state index in [1.54, 1.807) is 22.8 Å². The number of aromatic nitrogens is 4. The van der Waals surface area contributed by atoms with Crippen molar-refractivity contribution in [3.05, 3.63) is 41.9 Å². The van der Waals surface area contributed by atoms with Crippen LogP contribution in [0.25, 0.3) is 5.65 Å². The second-order valence-electron chi connectivity index (χ2n) is 8.26. The Bertz CT molecular complexity index is 1080. The quantitative estimate of drug-likeness (QED) is 0.435. The van der Waals surface area contributed by atoms with Crippen molar-refractivity contribution in [3.8, 4) is 0 Å². The first-order valence-electron chi connectivity index (χ1n) is 10.0. The second-order valence-corrected chi connectivity index (χ2v) is 8.26. The minimum Gasteiger partial charge on any atom is -0.387 e. The SMILES string of the molecule is Cc1cnc2ccc(Nc3cc(NC(C)C)c(C(=O)NCC(F)C(C)(C)O)cn3)nn12. The molecule has 10 heteroatoms. The van der Waals surface area contributed by atoms with Gasteiger partial charge in [0.2, 0.25) is 0 Å². The molecule has 9 nitrogen and oxygen atoms in total. The number of nitrogens with one attached hydrogen (secondary N) is 3. The van der Waals surface area contributed by atoms with Gasteiger partial charge in [0.05, 0.1) is 35.3 Å². The summed E-state index contributed by atoms with van der Waals surface area (Å²) in [6, 6.07) is 5.38. The maximum absolute atomic E-state index is 14.0. The van der Waals surface area contributed by atoms with Crippen LogP contribution >= 0.6 is 0 Å². The van der Waals surface area contributed by atoms with Gasteiger partial charge in [0.15, 0.2) is 11.5 Å². The highest BCUT2D eigenvalue weighted by atomic mass is 19.1. The molecule has 0 bridgehead atoms. The predicted octanol–water partition coefficient (Wildman–Crippen LogP) is 2.84. The number of carbonyl (C=O) groups is 1. The maximum Gasteiger partial charge on any atom is 0.255 e. The van der Waals surface area contributed by atoms with E-state index in [0.717, 1.165) is 11.3 Å². The topological polar surface area (TPSA) is 116 Å². The molecule has 0 aliphatic rings. The Morgan fingerprint density at radius 1 is 1.23 bits per heavy atom. The Hall–Kier alpha value is -3.27. The molecule has 0 aliphatic heterocycles. The first-order valence-corrected chi connectivity index (χ1v) is 10.0. The average Bonchev–Trinajstić information content (AvgIpc) is 3.05. The molecule has 3 rings (SSSR count). The van der Waals surface area contributed by atoms with Crippen LogP contribution in [0.1, 0.15) is 43.7 Å². The van der Waals surface area contributed by atoms with Gasteiger partial charge in [-0.25, -0.2) is 18.9 Å². The van der Waals surface area contributed by atoms with Gasteiger partial charge in [-0.2, -0.15) is 0 Å². The molecular formula is C21H28FN7O2. The lowest BCUT2D eigenvalue weighted by Crippen LogP contribution is -2.42. The number of amides is 1. The van der Waals surface area contributed by atoms with E-state index in [9.17, 15) is 14.3 Å². The molecule has 3 heterocycles. The summed E-state index contributed by atoms with van der Waals surface area (Å²) in [5.74, 6) is 0.575. The summed E-state index contributed by atoms with van der Waals surface area (Å²) in [6.07, 6.45) is 1.56. The van der Waals surface area contributed by atoms with Crippen molar-refractivity contribution in [3.63, 3.8) is 0 Å². The fourth-order valence-corrected chi connectivity index (χ4v) is 2.85. The Morgan fingerprint density at radius 3 is 2.65 bits per heavy atom. The first-order chi connectivity index (χ1) is 14.5. The standard InChI is InChI=1S/C21H28FN7O2/c1-12(2)26-15-8-18(27-17-6-7-19-24-9-13(3)29(19)28-17)23-10-14(15)20(30)25-11-16(22)21(4,5)31/h6-10,12,16,31H,11H2,1-5H3,(H,25,30)(H2,23,26,27,28). The summed E-state index contributed by atoms with van der Waals surface area (Å²) >= 11 is 0. The normalized spacial score (nSPS) is 12.8. The van der Waals surface area contributed by atoms with Crippen LogP contribution in [0.4, 0.5) is 21.7 Å². The molecule has 3 aromatic rings. The molecule has 0 aliphatic carbocycles. The van der Waals surface area contributed by atoms with E-state index < -0.39 is 17.7 Å². The third kappa shape index (κ3) is 5.46. The third-order valence-electron chi connectivity index (χ3n) is 4.59. The number of pyridine rings is 1. The number of halogens is 1. The van der Waals surface area contributed by atoms with E-state index in [2.05, 4.69) is 31.0 Å². The average molecular weight is 430 g/mol. The summed E-state index contributed by atoms with van der Waals surface area (Å²) in [5.41, 5.74) is 0.917. The fraction of sp³-hybridized carbons (Fsp3) is 0.429. The minimum absolute atomic E-state index is 0.0511. The number of rotatable bonds is 8. The molecule has 1 unspecified atom stereocenters.